The number of hydrogen-bond acceptors (Lipinski definition) is 7. The van der Waals surface area contributed by atoms with Crippen LogP contribution in [0.25, 0.3) is 11.2 Å². The first-order valence-electron chi connectivity index (χ1n) is 6.77. The van der Waals surface area contributed by atoms with E-state index in [-0.39, 0.29) is 6.61 Å². The minimum atomic E-state index is 0.0122. The van der Waals surface area contributed by atoms with E-state index in [9.17, 15) is 0 Å². The molecule has 3 rings (SSSR count). The van der Waals surface area contributed by atoms with Crippen molar-refractivity contribution in [1.29, 1.82) is 0 Å². The predicted octanol–water partition coefficient (Wildman–Crippen LogP) is 1.51. The van der Waals surface area contributed by atoms with Crippen molar-refractivity contribution in [3.8, 4) is 5.75 Å². The molecule has 114 valence electrons. The van der Waals surface area contributed by atoms with Crippen LogP contribution in [0.5, 0.6) is 5.75 Å². The number of aliphatic hydroxyl groups excluding tert-OH is 1. The van der Waals surface area contributed by atoms with Gasteiger partial charge in [0.05, 0.1) is 20.0 Å². The fraction of sp³-hybridized carbons (Fsp3) is 0.214. The van der Waals surface area contributed by atoms with Crippen LogP contribution in [0.15, 0.2) is 30.6 Å². The quantitative estimate of drug-likeness (QED) is 0.546. The Labute approximate surface area is 126 Å². The van der Waals surface area contributed by atoms with Crippen molar-refractivity contribution in [3.05, 3.63) is 30.6 Å². The average molecular weight is 300 g/mol. The molecule has 0 saturated heterocycles. The predicted molar refractivity (Wildman–Crippen MR) is 83.5 cm³/mol. The standard InChI is InChI=1S/C14H16N6O2/c1-22-10-4-2-3-9(7-10)18-14-19-12(15-5-6-21)11-13(20-14)17-8-16-11/h2-4,7-8,21H,5-6H2,1H3,(H3,15,16,17,18,19,20). The Kier molecular flexibility index (Phi) is 4.01. The number of H-pyrrole nitrogens is 1. The van der Waals surface area contributed by atoms with Crippen molar-refractivity contribution in [2.75, 3.05) is 30.9 Å². The van der Waals surface area contributed by atoms with E-state index >= 15 is 0 Å². The number of rotatable bonds is 6. The molecule has 2 aromatic heterocycles. The lowest BCUT2D eigenvalue weighted by molar-refractivity contribution is 0.311. The van der Waals surface area contributed by atoms with Crippen molar-refractivity contribution in [1.82, 2.24) is 19.9 Å². The number of nitrogens with zero attached hydrogens (tertiary/aromatic N) is 3. The number of fused-ring (bicyclic) bond motifs is 1. The number of imidazole rings is 1. The molecule has 1 aromatic carbocycles. The van der Waals surface area contributed by atoms with Gasteiger partial charge in [0.15, 0.2) is 11.5 Å². The Morgan fingerprint density at radius 1 is 1.32 bits per heavy atom. The summed E-state index contributed by atoms with van der Waals surface area (Å²) < 4.78 is 5.19. The zero-order valence-electron chi connectivity index (χ0n) is 12.0. The largest absolute Gasteiger partial charge is 0.497 e. The maximum absolute atomic E-state index is 8.95. The highest BCUT2D eigenvalue weighted by atomic mass is 16.5. The molecule has 0 aliphatic rings. The van der Waals surface area contributed by atoms with Crippen molar-refractivity contribution in [2.45, 2.75) is 0 Å². The third-order valence-electron chi connectivity index (χ3n) is 3.02. The van der Waals surface area contributed by atoms with Crippen LogP contribution in [0.4, 0.5) is 17.5 Å². The zero-order chi connectivity index (χ0) is 15.4. The molecule has 0 atom stereocenters. The molecule has 0 unspecified atom stereocenters. The number of ether oxygens (including phenoxy) is 1. The number of aromatic amines is 1. The van der Waals surface area contributed by atoms with Crippen molar-refractivity contribution >= 4 is 28.6 Å². The van der Waals surface area contributed by atoms with E-state index in [0.29, 0.717) is 29.5 Å². The first kappa shape index (κ1) is 14.1. The van der Waals surface area contributed by atoms with Gasteiger partial charge in [0.25, 0.3) is 0 Å². The smallest absolute Gasteiger partial charge is 0.231 e. The van der Waals surface area contributed by atoms with Crippen molar-refractivity contribution in [3.63, 3.8) is 0 Å². The molecular formula is C14H16N6O2. The van der Waals surface area contributed by atoms with E-state index in [0.717, 1.165) is 11.4 Å². The number of benzene rings is 1. The van der Waals surface area contributed by atoms with Gasteiger partial charge in [-0.3, -0.25) is 0 Å². The van der Waals surface area contributed by atoms with Crippen LogP contribution in [0.3, 0.4) is 0 Å². The van der Waals surface area contributed by atoms with Gasteiger partial charge >= 0.3 is 0 Å². The molecule has 0 fully saturated rings. The third-order valence-corrected chi connectivity index (χ3v) is 3.02. The summed E-state index contributed by atoms with van der Waals surface area (Å²) in [5.41, 5.74) is 2.05. The molecule has 0 bridgehead atoms. The summed E-state index contributed by atoms with van der Waals surface area (Å²) in [7, 11) is 1.61. The molecule has 2 heterocycles. The summed E-state index contributed by atoms with van der Waals surface area (Å²) in [4.78, 5) is 15.9. The molecule has 4 N–H and O–H groups in total. The Bertz CT molecular complexity index is 773. The normalized spacial score (nSPS) is 10.6. The number of anilines is 3. The summed E-state index contributed by atoms with van der Waals surface area (Å²) in [6.45, 7) is 0.405. The van der Waals surface area contributed by atoms with Crippen LogP contribution in [0.2, 0.25) is 0 Å². The highest BCUT2D eigenvalue weighted by molar-refractivity contribution is 5.84. The Morgan fingerprint density at radius 3 is 3.05 bits per heavy atom. The summed E-state index contributed by atoms with van der Waals surface area (Å²) in [6.07, 6.45) is 1.55. The van der Waals surface area contributed by atoms with Gasteiger partial charge in [-0.2, -0.15) is 9.97 Å². The third kappa shape index (κ3) is 2.91. The van der Waals surface area contributed by atoms with Crippen LogP contribution in [0.1, 0.15) is 0 Å². The van der Waals surface area contributed by atoms with Gasteiger partial charge in [-0.25, -0.2) is 4.98 Å². The van der Waals surface area contributed by atoms with Crippen LogP contribution in [0, 0.1) is 0 Å². The second-order valence-corrected chi connectivity index (χ2v) is 4.50. The van der Waals surface area contributed by atoms with E-state index in [1.54, 1.807) is 13.4 Å². The maximum atomic E-state index is 8.95. The van der Waals surface area contributed by atoms with Crippen LogP contribution in [-0.2, 0) is 0 Å². The molecule has 0 saturated carbocycles. The monoisotopic (exact) mass is 300 g/mol. The molecule has 0 spiro atoms. The van der Waals surface area contributed by atoms with Gasteiger partial charge in [-0.1, -0.05) is 6.07 Å². The molecule has 8 nitrogen and oxygen atoms in total. The average Bonchev–Trinajstić information content (AvgIpc) is 3.01. The second-order valence-electron chi connectivity index (χ2n) is 4.50. The molecule has 0 radical (unpaired) electrons. The molecule has 22 heavy (non-hydrogen) atoms. The Morgan fingerprint density at radius 2 is 2.23 bits per heavy atom. The maximum Gasteiger partial charge on any atom is 0.231 e. The lowest BCUT2D eigenvalue weighted by atomic mass is 10.3. The second kappa shape index (κ2) is 6.27. The number of aromatic nitrogens is 4. The summed E-state index contributed by atoms with van der Waals surface area (Å²) in [5, 5.41) is 15.1. The van der Waals surface area contributed by atoms with E-state index in [1.807, 2.05) is 24.3 Å². The number of aliphatic hydroxyl groups is 1. The van der Waals surface area contributed by atoms with E-state index in [4.69, 9.17) is 9.84 Å². The Hall–Kier alpha value is -2.87. The molecule has 0 aliphatic carbocycles. The lowest BCUT2D eigenvalue weighted by Gasteiger charge is -2.09. The lowest BCUT2D eigenvalue weighted by Crippen LogP contribution is -2.09. The van der Waals surface area contributed by atoms with Gasteiger partial charge in [0, 0.05) is 18.3 Å². The van der Waals surface area contributed by atoms with Gasteiger partial charge in [-0.15, -0.1) is 0 Å². The number of nitrogens with one attached hydrogen (secondary N) is 3. The van der Waals surface area contributed by atoms with Crippen LogP contribution in [-0.4, -0.2) is 45.3 Å². The fourth-order valence-corrected chi connectivity index (χ4v) is 2.02. The summed E-state index contributed by atoms with van der Waals surface area (Å²) >= 11 is 0. The van der Waals surface area contributed by atoms with Gasteiger partial charge in [-0.05, 0) is 12.1 Å². The van der Waals surface area contributed by atoms with E-state index < -0.39 is 0 Å². The minimum Gasteiger partial charge on any atom is -0.497 e. The fourth-order valence-electron chi connectivity index (χ4n) is 2.02. The van der Waals surface area contributed by atoms with Crippen LogP contribution < -0.4 is 15.4 Å². The SMILES string of the molecule is COc1cccc(Nc2nc(NCCO)c3[nH]cnc3n2)c1. The van der Waals surface area contributed by atoms with Gasteiger partial charge in [0.2, 0.25) is 5.95 Å². The minimum absolute atomic E-state index is 0.0122. The van der Waals surface area contributed by atoms with Crippen LogP contribution >= 0.6 is 0 Å². The zero-order valence-corrected chi connectivity index (χ0v) is 12.0. The molecule has 0 aliphatic heterocycles. The van der Waals surface area contributed by atoms with E-state index in [2.05, 4.69) is 30.6 Å². The molecule has 0 amide bonds. The van der Waals surface area contributed by atoms with Gasteiger partial charge < -0.3 is 25.5 Å². The summed E-state index contributed by atoms with van der Waals surface area (Å²) in [5.74, 6) is 1.74. The number of methoxy groups -OCH3 is 1. The highest BCUT2D eigenvalue weighted by Gasteiger charge is 2.10. The topological polar surface area (TPSA) is 108 Å². The number of hydrogen-bond donors (Lipinski definition) is 4. The molecule has 8 heteroatoms. The molecule has 3 aromatic rings. The summed E-state index contributed by atoms with van der Waals surface area (Å²) in [6, 6.07) is 7.47. The highest BCUT2D eigenvalue weighted by Crippen LogP contribution is 2.23. The first-order chi connectivity index (χ1) is 10.8. The van der Waals surface area contributed by atoms with E-state index in [1.165, 1.54) is 0 Å². The van der Waals surface area contributed by atoms with Crippen molar-refractivity contribution < 1.29 is 9.84 Å². The van der Waals surface area contributed by atoms with Crippen molar-refractivity contribution in [2.24, 2.45) is 0 Å². The molecular weight excluding hydrogens is 284 g/mol. The first-order valence-corrected chi connectivity index (χ1v) is 6.77. The Balaban J connectivity index is 1.92. The van der Waals surface area contributed by atoms with Gasteiger partial charge in [0.1, 0.15) is 11.3 Å².